The number of benzene rings is 1. The fourth-order valence-electron chi connectivity index (χ4n) is 3.32. The number of hydrogen-bond donors (Lipinski definition) is 2. The minimum absolute atomic E-state index is 0.158. The zero-order valence-electron chi connectivity index (χ0n) is 15.6. The Morgan fingerprint density at radius 2 is 1.96 bits per heavy atom. The third kappa shape index (κ3) is 5.53. The molecule has 0 spiro atoms. The van der Waals surface area contributed by atoms with Crippen molar-refractivity contribution >= 4 is 23.5 Å². The molecule has 6 heteroatoms. The van der Waals surface area contributed by atoms with Crippen LogP contribution < -0.4 is 10.6 Å². The number of aryl methyl sites for hydroxylation is 3. The van der Waals surface area contributed by atoms with E-state index >= 15 is 0 Å². The van der Waals surface area contributed by atoms with E-state index in [1.54, 1.807) is 0 Å². The van der Waals surface area contributed by atoms with Gasteiger partial charge in [0.15, 0.2) is 0 Å². The molecule has 140 valence electrons. The minimum Gasteiger partial charge on any atom is -0.338 e. The van der Waals surface area contributed by atoms with Crippen LogP contribution in [0.4, 0.5) is 10.5 Å². The molecule has 2 amide bonds. The van der Waals surface area contributed by atoms with Crippen LogP contribution in [0.2, 0.25) is 0 Å². The molecule has 1 heterocycles. The number of carbonyl (C=O) groups is 1. The summed E-state index contributed by atoms with van der Waals surface area (Å²) >= 11 is 1.96. The highest BCUT2D eigenvalue weighted by molar-refractivity contribution is 8.00. The SMILES string of the molecule is Cc1cc(C)n(CCCNC(=O)Nc2ccc(SC3CCCC3)cc2)n1. The Kier molecular flexibility index (Phi) is 6.61. The van der Waals surface area contributed by atoms with Gasteiger partial charge in [-0.1, -0.05) is 12.8 Å². The maximum atomic E-state index is 12.0. The zero-order valence-corrected chi connectivity index (χ0v) is 16.4. The second-order valence-corrected chi connectivity index (χ2v) is 8.31. The lowest BCUT2D eigenvalue weighted by atomic mass is 10.3. The lowest BCUT2D eigenvalue weighted by molar-refractivity contribution is 0.251. The van der Waals surface area contributed by atoms with Crippen LogP contribution in [0.1, 0.15) is 43.5 Å². The van der Waals surface area contributed by atoms with Crippen LogP contribution in [0.3, 0.4) is 0 Å². The van der Waals surface area contributed by atoms with Gasteiger partial charge in [-0.3, -0.25) is 4.68 Å². The largest absolute Gasteiger partial charge is 0.338 e. The van der Waals surface area contributed by atoms with Crippen molar-refractivity contribution in [1.82, 2.24) is 15.1 Å². The summed E-state index contributed by atoms with van der Waals surface area (Å²) in [5.74, 6) is 0. The molecule has 1 aromatic heterocycles. The summed E-state index contributed by atoms with van der Waals surface area (Å²) in [6, 6.07) is 10.1. The molecule has 0 atom stereocenters. The summed E-state index contributed by atoms with van der Waals surface area (Å²) in [5.41, 5.74) is 3.02. The van der Waals surface area contributed by atoms with Crippen LogP contribution >= 0.6 is 11.8 Å². The first-order valence-electron chi connectivity index (χ1n) is 9.43. The molecule has 1 fully saturated rings. The van der Waals surface area contributed by atoms with Gasteiger partial charge in [-0.15, -0.1) is 11.8 Å². The molecule has 0 aliphatic heterocycles. The first-order chi connectivity index (χ1) is 12.6. The number of aromatic nitrogens is 2. The van der Waals surface area contributed by atoms with Crippen LogP contribution in [-0.2, 0) is 6.54 Å². The molecular formula is C20H28N4OS. The Hall–Kier alpha value is -1.95. The van der Waals surface area contributed by atoms with Crippen LogP contribution in [0.5, 0.6) is 0 Å². The summed E-state index contributed by atoms with van der Waals surface area (Å²) < 4.78 is 1.98. The Morgan fingerprint density at radius 3 is 2.62 bits per heavy atom. The van der Waals surface area contributed by atoms with Gasteiger partial charge in [0, 0.05) is 34.6 Å². The highest BCUT2D eigenvalue weighted by atomic mass is 32.2. The normalized spacial score (nSPS) is 14.5. The van der Waals surface area contributed by atoms with E-state index in [1.165, 1.54) is 30.6 Å². The minimum atomic E-state index is -0.158. The van der Waals surface area contributed by atoms with Gasteiger partial charge in [-0.05, 0) is 63.4 Å². The number of carbonyl (C=O) groups excluding carboxylic acids is 1. The number of urea groups is 1. The van der Waals surface area contributed by atoms with Crippen LogP contribution in [-0.4, -0.2) is 27.6 Å². The number of amides is 2. The third-order valence-corrected chi connectivity index (χ3v) is 6.00. The fourth-order valence-corrected chi connectivity index (χ4v) is 4.57. The van der Waals surface area contributed by atoms with E-state index in [0.717, 1.165) is 35.3 Å². The smallest absolute Gasteiger partial charge is 0.319 e. The van der Waals surface area contributed by atoms with E-state index in [9.17, 15) is 4.79 Å². The predicted molar refractivity (Wildman–Crippen MR) is 108 cm³/mol. The van der Waals surface area contributed by atoms with Crippen molar-refractivity contribution in [2.24, 2.45) is 0 Å². The summed E-state index contributed by atoms with van der Waals surface area (Å²) in [6.45, 7) is 5.48. The third-order valence-electron chi connectivity index (χ3n) is 4.65. The van der Waals surface area contributed by atoms with Gasteiger partial charge in [-0.25, -0.2) is 4.79 Å². The maximum absolute atomic E-state index is 12.0. The van der Waals surface area contributed by atoms with Crippen molar-refractivity contribution < 1.29 is 4.79 Å². The second kappa shape index (κ2) is 9.12. The van der Waals surface area contributed by atoms with Crippen molar-refractivity contribution in [3.63, 3.8) is 0 Å². The molecular weight excluding hydrogens is 344 g/mol. The number of thioether (sulfide) groups is 1. The molecule has 1 aliphatic carbocycles. The highest BCUT2D eigenvalue weighted by Gasteiger charge is 2.15. The topological polar surface area (TPSA) is 59.0 Å². The summed E-state index contributed by atoms with van der Waals surface area (Å²) in [4.78, 5) is 13.3. The van der Waals surface area contributed by atoms with Gasteiger partial charge in [0.2, 0.25) is 0 Å². The molecule has 2 aromatic rings. The lowest BCUT2D eigenvalue weighted by Gasteiger charge is -2.11. The number of anilines is 1. The zero-order chi connectivity index (χ0) is 18.4. The Labute approximate surface area is 159 Å². The van der Waals surface area contributed by atoms with Crippen molar-refractivity contribution in [3.8, 4) is 0 Å². The van der Waals surface area contributed by atoms with Crippen LogP contribution in [0, 0.1) is 13.8 Å². The van der Waals surface area contributed by atoms with Crippen molar-refractivity contribution in [1.29, 1.82) is 0 Å². The molecule has 1 saturated carbocycles. The Bertz CT molecular complexity index is 720. The Balaban J connectivity index is 1.36. The molecule has 0 unspecified atom stereocenters. The van der Waals surface area contributed by atoms with E-state index in [1.807, 2.05) is 35.5 Å². The highest BCUT2D eigenvalue weighted by Crippen LogP contribution is 2.34. The fraction of sp³-hybridized carbons (Fsp3) is 0.500. The van der Waals surface area contributed by atoms with Crippen LogP contribution in [0.25, 0.3) is 0 Å². The van der Waals surface area contributed by atoms with Crippen molar-refractivity contribution in [2.45, 2.75) is 62.6 Å². The molecule has 1 aliphatic rings. The molecule has 26 heavy (non-hydrogen) atoms. The number of nitrogens with zero attached hydrogens (tertiary/aromatic N) is 2. The first-order valence-corrected chi connectivity index (χ1v) is 10.3. The quantitative estimate of drug-likeness (QED) is 0.690. The second-order valence-electron chi connectivity index (χ2n) is 6.93. The number of rotatable bonds is 7. The Morgan fingerprint density at radius 1 is 1.23 bits per heavy atom. The molecule has 2 N–H and O–H groups in total. The van der Waals surface area contributed by atoms with Gasteiger partial charge in [-0.2, -0.15) is 5.10 Å². The monoisotopic (exact) mass is 372 g/mol. The van der Waals surface area contributed by atoms with Gasteiger partial charge in [0.1, 0.15) is 0 Å². The molecule has 0 saturated heterocycles. The van der Waals surface area contributed by atoms with Crippen molar-refractivity contribution in [3.05, 3.63) is 41.7 Å². The molecule has 0 bridgehead atoms. The number of hydrogen-bond acceptors (Lipinski definition) is 3. The van der Waals surface area contributed by atoms with E-state index in [0.29, 0.717) is 6.54 Å². The van der Waals surface area contributed by atoms with Gasteiger partial charge in [0.25, 0.3) is 0 Å². The summed E-state index contributed by atoms with van der Waals surface area (Å²) in [6.07, 6.45) is 6.22. The molecule has 5 nitrogen and oxygen atoms in total. The maximum Gasteiger partial charge on any atom is 0.319 e. The predicted octanol–water partition coefficient (Wildman–Crippen LogP) is 4.75. The standard InChI is InChI=1S/C20H28N4OS/c1-15-14-16(2)24(23-15)13-5-12-21-20(25)22-17-8-10-19(11-9-17)26-18-6-3-4-7-18/h8-11,14,18H,3-7,12-13H2,1-2H3,(H2,21,22,25). The van der Waals surface area contributed by atoms with E-state index < -0.39 is 0 Å². The van der Waals surface area contributed by atoms with Gasteiger partial charge < -0.3 is 10.6 Å². The average Bonchev–Trinajstić information content (AvgIpc) is 3.23. The molecule has 3 rings (SSSR count). The lowest BCUT2D eigenvalue weighted by Crippen LogP contribution is -2.30. The van der Waals surface area contributed by atoms with Crippen molar-refractivity contribution in [2.75, 3.05) is 11.9 Å². The van der Waals surface area contributed by atoms with Gasteiger partial charge in [0.05, 0.1) is 5.69 Å². The van der Waals surface area contributed by atoms with Gasteiger partial charge >= 0.3 is 6.03 Å². The van der Waals surface area contributed by atoms with E-state index in [4.69, 9.17) is 0 Å². The van der Waals surface area contributed by atoms with E-state index in [-0.39, 0.29) is 6.03 Å². The van der Waals surface area contributed by atoms with E-state index in [2.05, 4.69) is 40.9 Å². The number of nitrogens with one attached hydrogen (secondary N) is 2. The summed E-state index contributed by atoms with van der Waals surface area (Å²) in [5, 5.41) is 11.0. The molecule has 0 radical (unpaired) electrons. The van der Waals surface area contributed by atoms with Crippen LogP contribution in [0.15, 0.2) is 35.2 Å². The summed E-state index contributed by atoms with van der Waals surface area (Å²) in [7, 11) is 0. The first kappa shape index (κ1) is 18.8. The average molecular weight is 373 g/mol. The molecule has 1 aromatic carbocycles.